The van der Waals surface area contributed by atoms with E-state index in [4.69, 9.17) is 14.2 Å². The Kier molecular flexibility index (Phi) is 44.9. The lowest BCUT2D eigenvalue weighted by molar-refractivity contribution is -0.302. The van der Waals surface area contributed by atoms with Crippen LogP contribution in [0.25, 0.3) is 0 Å². The fraction of sp³-hybridized carbons (Fsp3) is 0.828. The highest BCUT2D eigenvalue weighted by molar-refractivity contribution is 5.76. The summed E-state index contributed by atoms with van der Waals surface area (Å²) in [7, 11) is 0. The van der Waals surface area contributed by atoms with Crippen LogP contribution in [-0.2, 0) is 23.8 Å². The molecule has 1 aliphatic rings. The smallest absolute Gasteiger partial charge is 0.305 e. The van der Waals surface area contributed by atoms with E-state index < -0.39 is 49.5 Å². The van der Waals surface area contributed by atoms with Gasteiger partial charge in [0.05, 0.1) is 32.0 Å². The fourth-order valence-electron chi connectivity index (χ4n) is 8.62. The summed E-state index contributed by atoms with van der Waals surface area (Å²) in [6.45, 7) is 4.18. The molecule has 6 N–H and O–H groups in total. The van der Waals surface area contributed by atoms with E-state index in [-0.39, 0.29) is 24.9 Å². The van der Waals surface area contributed by atoms with Gasteiger partial charge in [-0.1, -0.05) is 217 Å². The molecule has 0 spiro atoms. The lowest BCUT2D eigenvalue weighted by atomic mass is 9.99. The maximum absolute atomic E-state index is 12.9. The maximum atomic E-state index is 12.9. The van der Waals surface area contributed by atoms with Crippen LogP contribution in [-0.4, -0.2) is 100 Å². The van der Waals surface area contributed by atoms with Gasteiger partial charge in [0.25, 0.3) is 0 Å². The van der Waals surface area contributed by atoms with Gasteiger partial charge in [-0.25, -0.2) is 0 Å². The van der Waals surface area contributed by atoms with Crippen molar-refractivity contribution in [2.45, 2.75) is 288 Å². The molecule has 7 atom stereocenters. The van der Waals surface area contributed by atoms with Crippen molar-refractivity contribution in [3.8, 4) is 0 Å². The number of amides is 1. The summed E-state index contributed by atoms with van der Waals surface area (Å²) in [4.78, 5) is 25.0. The number of hydrogen-bond donors (Lipinski definition) is 6. The molecule has 11 heteroatoms. The molecule has 1 rings (SSSR count). The summed E-state index contributed by atoms with van der Waals surface area (Å²) in [5.74, 6) is -0.312. The summed E-state index contributed by atoms with van der Waals surface area (Å²) in [5, 5.41) is 54.0. The molecule has 1 aliphatic heterocycles. The predicted molar refractivity (Wildman–Crippen MR) is 283 cm³/mol. The molecular formula is C58H105NO10. The normalized spacial score (nSPS) is 19.7. The van der Waals surface area contributed by atoms with E-state index in [0.717, 1.165) is 70.6 Å². The van der Waals surface area contributed by atoms with Crippen molar-refractivity contribution in [1.82, 2.24) is 5.32 Å². The van der Waals surface area contributed by atoms with Crippen LogP contribution in [0.3, 0.4) is 0 Å². The van der Waals surface area contributed by atoms with Gasteiger partial charge in [0, 0.05) is 12.8 Å². The Morgan fingerprint density at radius 3 is 1.58 bits per heavy atom. The van der Waals surface area contributed by atoms with E-state index in [1.807, 2.05) is 18.2 Å². The molecule has 402 valence electrons. The van der Waals surface area contributed by atoms with Crippen molar-refractivity contribution in [3.63, 3.8) is 0 Å². The third-order valence-corrected chi connectivity index (χ3v) is 13.2. The maximum Gasteiger partial charge on any atom is 0.305 e. The largest absolute Gasteiger partial charge is 0.466 e. The zero-order valence-electron chi connectivity index (χ0n) is 44.0. The average molecular weight is 976 g/mol. The molecule has 0 aromatic carbocycles. The highest BCUT2D eigenvalue weighted by Gasteiger charge is 2.44. The Morgan fingerprint density at radius 1 is 0.536 bits per heavy atom. The molecule has 7 unspecified atom stereocenters. The number of esters is 1. The molecular weight excluding hydrogens is 871 g/mol. The predicted octanol–water partition coefficient (Wildman–Crippen LogP) is 12.5. The number of allylic oxidation sites excluding steroid dienone is 7. The molecule has 0 radical (unpaired) electrons. The number of hydrogen-bond acceptors (Lipinski definition) is 10. The minimum atomic E-state index is -1.59. The van der Waals surface area contributed by atoms with Crippen molar-refractivity contribution < 1.29 is 49.3 Å². The molecule has 69 heavy (non-hydrogen) atoms. The van der Waals surface area contributed by atoms with Crippen LogP contribution >= 0.6 is 0 Å². The van der Waals surface area contributed by atoms with E-state index in [9.17, 15) is 35.1 Å². The van der Waals surface area contributed by atoms with Gasteiger partial charge in [-0.05, 0) is 64.2 Å². The first-order valence-corrected chi connectivity index (χ1v) is 28.4. The molecule has 0 aromatic heterocycles. The SMILES string of the molecule is CCCCC/C=C/CC/C=C/C(O)C(COC1OC(CO)C(O)C(O)C1O)NC(=O)CC/C=C\C/C=C\CCCCCCCCOC(=O)CCCCCCCCCCCCCCCCCCCCC. The molecule has 1 saturated heterocycles. The number of nitrogens with one attached hydrogen (secondary N) is 1. The number of aliphatic hydroxyl groups excluding tert-OH is 5. The van der Waals surface area contributed by atoms with E-state index >= 15 is 0 Å². The second-order valence-corrected chi connectivity index (χ2v) is 19.6. The van der Waals surface area contributed by atoms with E-state index in [1.165, 1.54) is 141 Å². The molecule has 0 aliphatic carbocycles. The van der Waals surface area contributed by atoms with Crippen molar-refractivity contribution in [3.05, 3.63) is 48.6 Å². The third-order valence-electron chi connectivity index (χ3n) is 13.2. The van der Waals surface area contributed by atoms with Crippen molar-refractivity contribution in [2.24, 2.45) is 0 Å². The van der Waals surface area contributed by atoms with Crippen LogP contribution in [0.4, 0.5) is 0 Å². The van der Waals surface area contributed by atoms with Crippen LogP contribution in [0.1, 0.15) is 245 Å². The second kappa shape index (κ2) is 47.9. The molecule has 0 bridgehead atoms. The Balaban J connectivity index is 2.10. The first kappa shape index (κ1) is 64.6. The third kappa shape index (κ3) is 38.0. The Labute approximate surface area is 421 Å². The minimum Gasteiger partial charge on any atom is -0.466 e. The van der Waals surface area contributed by atoms with Crippen LogP contribution in [0.15, 0.2) is 48.6 Å². The van der Waals surface area contributed by atoms with E-state index in [1.54, 1.807) is 6.08 Å². The fourth-order valence-corrected chi connectivity index (χ4v) is 8.62. The average Bonchev–Trinajstić information content (AvgIpc) is 3.34. The summed E-state index contributed by atoms with van der Waals surface area (Å²) in [6, 6.07) is -0.870. The molecule has 1 amide bonds. The van der Waals surface area contributed by atoms with E-state index in [2.05, 4.69) is 43.5 Å². The number of rotatable bonds is 48. The highest BCUT2D eigenvalue weighted by atomic mass is 16.7. The number of carbonyl (C=O) groups excluding carboxylic acids is 2. The second-order valence-electron chi connectivity index (χ2n) is 19.6. The van der Waals surface area contributed by atoms with Crippen LogP contribution in [0.2, 0.25) is 0 Å². The van der Waals surface area contributed by atoms with Gasteiger partial charge >= 0.3 is 5.97 Å². The molecule has 1 heterocycles. The number of carbonyl (C=O) groups is 2. The summed E-state index contributed by atoms with van der Waals surface area (Å²) in [6.07, 6.45) is 49.5. The molecule has 1 fully saturated rings. The molecule has 0 aromatic rings. The van der Waals surface area contributed by atoms with Gasteiger partial charge in [-0.2, -0.15) is 0 Å². The lowest BCUT2D eigenvalue weighted by Gasteiger charge is -2.40. The zero-order valence-corrected chi connectivity index (χ0v) is 44.0. The summed E-state index contributed by atoms with van der Waals surface area (Å²) < 4.78 is 16.6. The first-order valence-electron chi connectivity index (χ1n) is 28.4. The highest BCUT2D eigenvalue weighted by Crippen LogP contribution is 2.23. The van der Waals surface area contributed by atoms with Crippen LogP contribution < -0.4 is 5.32 Å². The topological polar surface area (TPSA) is 175 Å². The lowest BCUT2D eigenvalue weighted by Crippen LogP contribution is -2.60. The standard InChI is InChI=1S/C58H105NO10/c1-3-5-7-9-11-13-14-15-16-17-18-19-20-23-26-30-34-38-42-46-54(63)67-47-43-39-35-31-27-24-21-22-25-29-33-37-41-45-53(62)59-50(51(61)44-40-36-32-28-12-10-8-6-4-2)49-68-58-57(66)56(65)55(64)52(48-60)69-58/h12,22,25,28,33,37,40,44,50-52,55-58,60-61,64-66H,3-11,13-21,23-24,26-27,29-32,34-36,38-39,41-43,45-49H2,1-2H3,(H,59,62)/b25-22-,28-12+,37-33-,44-40+. The van der Waals surface area contributed by atoms with Gasteiger partial charge in [0.15, 0.2) is 6.29 Å². The molecule has 11 nitrogen and oxygen atoms in total. The van der Waals surface area contributed by atoms with Crippen molar-refractivity contribution in [2.75, 3.05) is 19.8 Å². The number of ether oxygens (including phenoxy) is 3. The summed E-state index contributed by atoms with van der Waals surface area (Å²) in [5.41, 5.74) is 0. The van der Waals surface area contributed by atoms with Crippen molar-refractivity contribution in [1.29, 1.82) is 0 Å². The number of unbranched alkanes of at least 4 members (excludes halogenated alkanes) is 28. The monoisotopic (exact) mass is 976 g/mol. The number of aliphatic hydroxyl groups is 5. The van der Waals surface area contributed by atoms with Gasteiger partial charge in [-0.3, -0.25) is 9.59 Å². The van der Waals surface area contributed by atoms with Crippen LogP contribution in [0.5, 0.6) is 0 Å². The van der Waals surface area contributed by atoms with Crippen molar-refractivity contribution >= 4 is 11.9 Å². The Hall–Kier alpha value is -2.38. The Bertz CT molecular complexity index is 1290. The summed E-state index contributed by atoms with van der Waals surface area (Å²) >= 11 is 0. The first-order chi connectivity index (χ1) is 33.7. The quantitative estimate of drug-likeness (QED) is 0.0196. The van der Waals surface area contributed by atoms with Gasteiger partial charge < -0.3 is 45.1 Å². The van der Waals surface area contributed by atoms with Crippen LogP contribution in [0, 0.1) is 0 Å². The molecule has 0 saturated carbocycles. The van der Waals surface area contributed by atoms with Gasteiger partial charge in [-0.15, -0.1) is 0 Å². The van der Waals surface area contributed by atoms with E-state index in [0.29, 0.717) is 19.4 Å². The zero-order chi connectivity index (χ0) is 50.3. The Morgan fingerprint density at radius 2 is 1.00 bits per heavy atom. The van der Waals surface area contributed by atoms with Gasteiger partial charge in [0.2, 0.25) is 5.91 Å². The van der Waals surface area contributed by atoms with Gasteiger partial charge in [0.1, 0.15) is 24.4 Å². The minimum absolute atomic E-state index is 0.0366.